The van der Waals surface area contributed by atoms with Gasteiger partial charge in [-0.05, 0) is 12.8 Å². The lowest BCUT2D eigenvalue weighted by Crippen LogP contribution is -2.15. The second kappa shape index (κ2) is 1.95. The Morgan fingerprint density at radius 2 is 2.20 bits per heavy atom. The van der Waals surface area contributed by atoms with Crippen LogP contribution in [0.4, 0.5) is 0 Å². The molecule has 0 spiro atoms. The molecule has 2 N–H and O–H groups in total. The number of hydrogen-bond donors (Lipinski definition) is 2. The maximum absolute atomic E-state index is 10.6. The van der Waals surface area contributed by atoms with Crippen molar-refractivity contribution in [2.75, 3.05) is 6.61 Å². The SMILES string of the molecule is C[C@H]1C(CO)[C@@]1(C)C(=O)O. The Hall–Kier alpha value is -0.570. The molecule has 0 radical (unpaired) electrons. The van der Waals surface area contributed by atoms with E-state index in [0.717, 1.165) is 0 Å². The Kier molecular flexibility index (Phi) is 1.47. The maximum atomic E-state index is 10.6. The van der Waals surface area contributed by atoms with Crippen LogP contribution in [0.15, 0.2) is 0 Å². The molecule has 0 aromatic carbocycles. The monoisotopic (exact) mass is 144 g/mol. The van der Waals surface area contributed by atoms with Gasteiger partial charge in [0.1, 0.15) is 0 Å². The molecular weight excluding hydrogens is 132 g/mol. The number of carboxylic acid groups (broad SMARTS) is 1. The summed E-state index contributed by atoms with van der Waals surface area (Å²) >= 11 is 0. The predicted octanol–water partition coefficient (Wildman–Crippen LogP) is 0.336. The van der Waals surface area contributed by atoms with E-state index in [0.29, 0.717) is 0 Å². The summed E-state index contributed by atoms with van der Waals surface area (Å²) in [4.78, 5) is 10.6. The highest BCUT2D eigenvalue weighted by atomic mass is 16.4. The summed E-state index contributed by atoms with van der Waals surface area (Å²) in [6, 6.07) is 0. The van der Waals surface area contributed by atoms with Gasteiger partial charge in [-0.25, -0.2) is 0 Å². The Bertz CT molecular complexity index is 166. The minimum atomic E-state index is -0.793. The molecule has 1 aliphatic carbocycles. The van der Waals surface area contributed by atoms with Crippen molar-refractivity contribution in [3.05, 3.63) is 0 Å². The van der Waals surface area contributed by atoms with Gasteiger partial charge in [0.2, 0.25) is 0 Å². The van der Waals surface area contributed by atoms with E-state index in [4.69, 9.17) is 10.2 Å². The van der Waals surface area contributed by atoms with Gasteiger partial charge in [-0.1, -0.05) is 6.92 Å². The van der Waals surface area contributed by atoms with Crippen LogP contribution < -0.4 is 0 Å². The van der Waals surface area contributed by atoms with E-state index in [-0.39, 0.29) is 18.4 Å². The van der Waals surface area contributed by atoms with Crippen molar-refractivity contribution in [1.82, 2.24) is 0 Å². The summed E-state index contributed by atoms with van der Waals surface area (Å²) in [5, 5.41) is 17.4. The van der Waals surface area contributed by atoms with Gasteiger partial charge in [-0.3, -0.25) is 4.79 Å². The largest absolute Gasteiger partial charge is 0.481 e. The zero-order valence-corrected chi connectivity index (χ0v) is 6.16. The minimum Gasteiger partial charge on any atom is -0.481 e. The second-order valence-electron chi connectivity index (χ2n) is 3.17. The van der Waals surface area contributed by atoms with E-state index < -0.39 is 11.4 Å². The van der Waals surface area contributed by atoms with Crippen molar-refractivity contribution in [2.45, 2.75) is 13.8 Å². The maximum Gasteiger partial charge on any atom is 0.310 e. The van der Waals surface area contributed by atoms with Gasteiger partial charge in [0.25, 0.3) is 0 Å². The first-order valence-corrected chi connectivity index (χ1v) is 3.39. The van der Waals surface area contributed by atoms with Gasteiger partial charge in [-0.2, -0.15) is 0 Å². The lowest BCUT2D eigenvalue weighted by atomic mass is 10.1. The molecule has 0 amide bonds. The molecule has 3 nitrogen and oxygen atoms in total. The van der Waals surface area contributed by atoms with Crippen LogP contribution in [0.3, 0.4) is 0 Å². The molecule has 0 aliphatic heterocycles. The first-order chi connectivity index (χ1) is 4.55. The highest BCUT2D eigenvalue weighted by molar-refractivity contribution is 5.78. The third kappa shape index (κ3) is 0.669. The van der Waals surface area contributed by atoms with Crippen LogP contribution in [0.2, 0.25) is 0 Å². The summed E-state index contributed by atoms with van der Waals surface area (Å²) in [6.45, 7) is 3.53. The third-order valence-electron chi connectivity index (χ3n) is 2.87. The summed E-state index contributed by atoms with van der Waals surface area (Å²) < 4.78 is 0. The first-order valence-electron chi connectivity index (χ1n) is 3.39. The molecular formula is C7H12O3. The van der Waals surface area contributed by atoms with E-state index in [1.165, 1.54) is 0 Å². The molecule has 0 aromatic rings. The van der Waals surface area contributed by atoms with Gasteiger partial charge >= 0.3 is 5.97 Å². The van der Waals surface area contributed by atoms with Crippen molar-refractivity contribution in [3.63, 3.8) is 0 Å². The van der Waals surface area contributed by atoms with Crippen molar-refractivity contribution < 1.29 is 15.0 Å². The molecule has 0 aromatic heterocycles. The molecule has 1 unspecified atom stereocenters. The van der Waals surface area contributed by atoms with E-state index in [2.05, 4.69) is 0 Å². The van der Waals surface area contributed by atoms with Crippen LogP contribution in [0.5, 0.6) is 0 Å². The van der Waals surface area contributed by atoms with E-state index >= 15 is 0 Å². The van der Waals surface area contributed by atoms with E-state index in [9.17, 15) is 4.79 Å². The highest BCUT2D eigenvalue weighted by Crippen LogP contribution is 2.57. The Morgan fingerprint density at radius 3 is 2.30 bits per heavy atom. The zero-order chi connectivity index (χ0) is 7.94. The van der Waals surface area contributed by atoms with E-state index in [1.54, 1.807) is 6.92 Å². The molecule has 1 rings (SSSR count). The Labute approximate surface area is 59.7 Å². The van der Waals surface area contributed by atoms with Crippen LogP contribution in [0, 0.1) is 17.3 Å². The van der Waals surface area contributed by atoms with Gasteiger partial charge in [0, 0.05) is 12.5 Å². The normalized spacial score (nSPS) is 45.1. The topological polar surface area (TPSA) is 57.5 Å². The smallest absolute Gasteiger partial charge is 0.310 e. The fourth-order valence-electron chi connectivity index (χ4n) is 1.54. The summed E-state index contributed by atoms with van der Waals surface area (Å²) in [7, 11) is 0. The average molecular weight is 144 g/mol. The third-order valence-corrected chi connectivity index (χ3v) is 2.87. The fourth-order valence-corrected chi connectivity index (χ4v) is 1.54. The van der Waals surface area contributed by atoms with Crippen LogP contribution in [0.25, 0.3) is 0 Å². The molecule has 1 fully saturated rings. The quantitative estimate of drug-likeness (QED) is 0.587. The van der Waals surface area contributed by atoms with Crippen molar-refractivity contribution >= 4 is 5.97 Å². The van der Waals surface area contributed by atoms with Crippen LogP contribution in [-0.2, 0) is 4.79 Å². The molecule has 1 aliphatic rings. The van der Waals surface area contributed by atoms with Crippen molar-refractivity contribution in [3.8, 4) is 0 Å². The number of hydrogen-bond acceptors (Lipinski definition) is 2. The average Bonchev–Trinajstić information content (AvgIpc) is 2.38. The lowest BCUT2D eigenvalue weighted by molar-refractivity contribution is -0.143. The van der Waals surface area contributed by atoms with Crippen LogP contribution >= 0.6 is 0 Å². The molecule has 3 heteroatoms. The summed E-state index contributed by atoms with van der Waals surface area (Å²) in [5.41, 5.74) is -0.658. The van der Waals surface area contributed by atoms with Crippen molar-refractivity contribution in [2.24, 2.45) is 17.3 Å². The molecule has 0 saturated heterocycles. The molecule has 0 bridgehead atoms. The second-order valence-corrected chi connectivity index (χ2v) is 3.17. The highest BCUT2D eigenvalue weighted by Gasteiger charge is 2.63. The minimum absolute atomic E-state index is 0.00995. The number of carboxylic acids is 1. The standard InChI is InChI=1S/C7H12O3/c1-4-5(3-8)7(4,2)6(9)10/h4-5,8H,3H2,1-2H3,(H,9,10)/t4-,5?,7-/m0/s1. The van der Waals surface area contributed by atoms with Gasteiger partial charge in [0.15, 0.2) is 0 Å². The molecule has 10 heavy (non-hydrogen) atoms. The van der Waals surface area contributed by atoms with E-state index in [1.807, 2.05) is 6.92 Å². The summed E-state index contributed by atoms with van der Waals surface area (Å²) in [6.07, 6.45) is 0. The Balaban J connectivity index is 2.67. The first kappa shape index (κ1) is 7.54. The molecule has 58 valence electrons. The molecule has 1 saturated carbocycles. The summed E-state index contributed by atoms with van der Waals surface area (Å²) in [5.74, 6) is -0.709. The number of aliphatic hydroxyl groups is 1. The fraction of sp³-hybridized carbons (Fsp3) is 0.857. The van der Waals surface area contributed by atoms with Gasteiger partial charge < -0.3 is 10.2 Å². The zero-order valence-electron chi connectivity index (χ0n) is 6.16. The number of aliphatic carboxylic acids is 1. The number of aliphatic hydroxyl groups excluding tert-OH is 1. The van der Waals surface area contributed by atoms with Gasteiger partial charge in [-0.15, -0.1) is 0 Å². The molecule has 0 heterocycles. The van der Waals surface area contributed by atoms with Crippen molar-refractivity contribution in [1.29, 1.82) is 0 Å². The predicted molar refractivity (Wildman–Crippen MR) is 35.5 cm³/mol. The van der Waals surface area contributed by atoms with Crippen LogP contribution in [0.1, 0.15) is 13.8 Å². The van der Waals surface area contributed by atoms with Crippen LogP contribution in [-0.4, -0.2) is 22.8 Å². The Morgan fingerprint density at radius 1 is 1.70 bits per heavy atom. The molecule has 3 atom stereocenters. The lowest BCUT2D eigenvalue weighted by Gasteiger charge is -2.01. The number of rotatable bonds is 2. The van der Waals surface area contributed by atoms with Gasteiger partial charge in [0.05, 0.1) is 5.41 Å². The number of carbonyl (C=O) groups is 1.